The van der Waals surface area contributed by atoms with Crippen molar-refractivity contribution >= 4 is 32.6 Å². The lowest BCUT2D eigenvalue weighted by atomic mass is 10.0. The molecule has 30 heavy (non-hydrogen) atoms. The van der Waals surface area contributed by atoms with E-state index < -0.39 is 11.6 Å². The van der Waals surface area contributed by atoms with E-state index in [1.54, 1.807) is 18.5 Å². The SMILES string of the molecule is Cc1ccc(CC(=O)N(Cc2cccnc2)c2nc3c(F)cc(F)cc3s2)cc1C. The van der Waals surface area contributed by atoms with E-state index in [4.69, 9.17) is 0 Å². The van der Waals surface area contributed by atoms with Crippen molar-refractivity contribution in [2.75, 3.05) is 4.90 Å². The summed E-state index contributed by atoms with van der Waals surface area (Å²) in [5.41, 5.74) is 4.03. The second-order valence-corrected chi connectivity index (χ2v) is 8.18. The Kier molecular flexibility index (Phi) is 5.55. The molecule has 1 amide bonds. The molecule has 0 spiro atoms. The number of carbonyl (C=O) groups excluding carboxylic acids is 1. The fourth-order valence-electron chi connectivity index (χ4n) is 3.18. The van der Waals surface area contributed by atoms with Gasteiger partial charge in [-0.05, 0) is 48.2 Å². The Morgan fingerprint density at radius 1 is 1.07 bits per heavy atom. The van der Waals surface area contributed by atoms with Gasteiger partial charge >= 0.3 is 0 Å². The molecule has 0 saturated carbocycles. The Morgan fingerprint density at radius 3 is 2.63 bits per heavy atom. The van der Waals surface area contributed by atoms with Gasteiger partial charge in [-0.3, -0.25) is 14.7 Å². The standard InChI is InChI=1S/C23H19F2N3OS/c1-14-5-6-16(8-15(14)2)9-21(29)28(13-17-4-3-7-26-12-17)23-27-22-19(25)10-18(24)11-20(22)30-23/h3-8,10-12H,9,13H2,1-2H3. The highest BCUT2D eigenvalue weighted by Crippen LogP contribution is 2.32. The van der Waals surface area contributed by atoms with Gasteiger partial charge in [0.1, 0.15) is 11.3 Å². The largest absolute Gasteiger partial charge is 0.283 e. The molecule has 0 atom stereocenters. The maximum absolute atomic E-state index is 14.2. The lowest BCUT2D eigenvalue weighted by Crippen LogP contribution is -2.31. The zero-order valence-corrected chi connectivity index (χ0v) is 17.3. The maximum atomic E-state index is 14.2. The minimum atomic E-state index is -0.740. The molecule has 4 nitrogen and oxygen atoms in total. The number of nitrogens with zero attached hydrogens (tertiary/aromatic N) is 3. The molecule has 0 aliphatic heterocycles. The minimum Gasteiger partial charge on any atom is -0.283 e. The average Bonchev–Trinajstić information content (AvgIpc) is 3.13. The molecule has 0 saturated heterocycles. The van der Waals surface area contributed by atoms with Gasteiger partial charge in [0.15, 0.2) is 10.9 Å². The van der Waals surface area contributed by atoms with Crippen LogP contribution in [0.25, 0.3) is 10.2 Å². The normalized spacial score (nSPS) is 11.1. The van der Waals surface area contributed by atoms with Gasteiger partial charge in [0.2, 0.25) is 5.91 Å². The van der Waals surface area contributed by atoms with E-state index in [2.05, 4.69) is 9.97 Å². The number of aryl methyl sites for hydroxylation is 2. The summed E-state index contributed by atoms with van der Waals surface area (Å²) >= 11 is 1.09. The minimum absolute atomic E-state index is 0.0616. The molecule has 4 rings (SSSR count). The summed E-state index contributed by atoms with van der Waals surface area (Å²) in [6.07, 6.45) is 3.50. The van der Waals surface area contributed by atoms with E-state index in [1.807, 2.05) is 38.1 Å². The van der Waals surface area contributed by atoms with Crippen molar-refractivity contribution < 1.29 is 13.6 Å². The van der Waals surface area contributed by atoms with E-state index in [9.17, 15) is 13.6 Å². The number of aromatic nitrogens is 2. The van der Waals surface area contributed by atoms with E-state index in [0.29, 0.717) is 9.83 Å². The number of hydrogen-bond donors (Lipinski definition) is 0. The molecule has 4 aromatic rings. The van der Waals surface area contributed by atoms with E-state index >= 15 is 0 Å². The van der Waals surface area contributed by atoms with Crippen LogP contribution in [0.1, 0.15) is 22.3 Å². The van der Waals surface area contributed by atoms with Crippen molar-refractivity contribution in [3.63, 3.8) is 0 Å². The van der Waals surface area contributed by atoms with Gasteiger partial charge < -0.3 is 0 Å². The predicted octanol–water partition coefficient (Wildman–Crippen LogP) is 5.36. The number of carbonyl (C=O) groups is 1. The zero-order chi connectivity index (χ0) is 21.3. The second kappa shape index (κ2) is 8.28. The number of rotatable bonds is 5. The highest BCUT2D eigenvalue weighted by Gasteiger charge is 2.22. The summed E-state index contributed by atoms with van der Waals surface area (Å²) in [5.74, 6) is -1.59. The van der Waals surface area contributed by atoms with Crippen molar-refractivity contribution in [2.45, 2.75) is 26.8 Å². The molecule has 0 bridgehead atoms. The van der Waals surface area contributed by atoms with Gasteiger partial charge in [0.25, 0.3) is 0 Å². The number of hydrogen-bond acceptors (Lipinski definition) is 4. The van der Waals surface area contributed by atoms with Gasteiger partial charge in [-0.15, -0.1) is 0 Å². The molecule has 2 heterocycles. The molecular weight excluding hydrogens is 404 g/mol. The number of pyridine rings is 1. The number of benzene rings is 2. The summed E-state index contributed by atoms with van der Waals surface area (Å²) in [7, 11) is 0. The molecule has 0 aliphatic carbocycles. The van der Waals surface area contributed by atoms with Crippen LogP contribution in [0.4, 0.5) is 13.9 Å². The van der Waals surface area contributed by atoms with Crippen molar-refractivity contribution in [3.05, 3.63) is 88.7 Å². The smallest absolute Gasteiger partial charge is 0.233 e. The molecule has 2 aromatic carbocycles. The highest BCUT2D eigenvalue weighted by atomic mass is 32.1. The first-order valence-corrected chi connectivity index (χ1v) is 10.2. The number of anilines is 1. The van der Waals surface area contributed by atoms with Crippen LogP contribution in [0.5, 0.6) is 0 Å². The van der Waals surface area contributed by atoms with Crippen LogP contribution in [-0.4, -0.2) is 15.9 Å². The third-order valence-electron chi connectivity index (χ3n) is 4.92. The molecule has 0 fully saturated rings. The van der Waals surface area contributed by atoms with E-state index in [1.165, 1.54) is 11.0 Å². The van der Waals surface area contributed by atoms with Gasteiger partial charge in [0, 0.05) is 18.5 Å². The van der Waals surface area contributed by atoms with Gasteiger partial charge in [0.05, 0.1) is 17.7 Å². The van der Waals surface area contributed by atoms with E-state index in [0.717, 1.165) is 39.7 Å². The average molecular weight is 423 g/mol. The Bertz CT molecular complexity index is 1220. The van der Waals surface area contributed by atoms with Crippen LogP contribution in [-0.2, 0) is 17.8 Å². The first-order chi connectivity index (χ1) is 14.4. The Labute approximate surface area is 176 Å². The molecule has 0 aliphatic rings. The monoisotopic (exact) mass is 423 g/mol. The summed E-state index contributed by atoms with van der Waals surface area (Å²) in [5, 5.41) is 0.326. The fraction of sp³-hybridized carbons (Fsp3) is 0.174. The number of amides is 1. The quantitative estimate of drug-likeness (QED) is 0.434. The third kappa shape index (κ3) is 4.21. The Morgan fingerprint density at radius 2 is 1.90 bits per heavy atom. The topological polar surface area (TPSA) is 46.1 Å². The van der Waals surface area contributed by atoms with Crippen LogP contribution < -0.4 is 4.90 Å². The van der Waals surface area contributed by atoms with Crippen LogP contribution >= 0.6 is 11.3 Å². The summed E-state index contributed by atoms with van der Waals surface area (Å²) in [6, 6.07) is 11.6. The molecule has 152 valence electrons. The number of fused-ring (bicyclic) bond motifs is 1. The van der Waals surface area contributed by atoms with Crippen LogP contribution in [0, 0.1) is 25.5 Å². The lowest BCUT2D eigenvalue weighted by molar-refractivity contribution is -0.118. The van der Waals surface area contributed by atoms with Crippen molar-refractivity contribution in [3.8, 4) is 0 Å². The first kappa shape index (κ1) is 20.1. The zero-order valence-electron chi connectivity index (χ0n) is 16.5. The number of halogens is 2. The molecular formula is C23H19F2N3OS. The van der Waals surface area contributed by atoms with Crippen LogP contribution in [0.2, 0.25) is 0 Å². The first-order valence-electron chi connectivity index (χ1n) is 9.41. The van der Waals surface area contributed by atoms with Crippen molar-refractivity contribution in [1.29, 1.82) is 0 Å². The van der Waals surface area contributed by atoms with Crippen molar-refractivity contribution in [1.82, 2.24) is 9.97 Å². The van der Waals surface area contributed by atoms with Gasteiger partial charge in [-0.25, -0.2) is 13.8 Å². The van der Waals surface area contributed by atoms with E-state index in [-0.39, 0.29) is 24.4 Å². The summed E-state index contributed by atoms with van der Waals surface area (Å²) < 4.78 is 28.2. The molecule has 0 N–H and O–H groups in total. The molecule has 0 radical (unpaired) electrons. The molecule has 0 unspecified atom stereocenters. The lowest BCUT2D eigenvalue weighted by Gasteiger charge is -2.20. The summed E-state index contributed by atoms with van der Waals surface area (Å²) in [6.45, 7) is 4.26. The maximum Gasteiger partial charge on any atom is 0.233 e. The van der Waals surface area contributed by atoms with Crippen LogP contribution in [0.15, 0.2) is 54.9 Å². The van der Waals surface area contributed by atoms with Crippen LogP contribution in [0.3, 0.4) is 0 Å². The number of thiazole rings is 1. The summed E-state index contributed by atoms with van der Waals surface area (Å²) in [4.78, 5) is 23.2. The fourth-order valence-corrected chi connectivity index (χ4v) is 4.20. The predicted molar refractivity (Wildman–Crippen MR) is 115 cm³/mol. The highest BCUT2D eigenvalue weighted by molar-refractivity contribution is 7.22. The molecule has 7 heteroatoms. The van der Waals surface area contributed by atoms with Gasteiger partial charge in [-0.2, -0.15) is 0 Å². The van der Waals surface area contributed by atoms with Crippen molar-refractivity contribution in [2.24, 2.45) is 0 Å². The Balaban J connectivity index is 1.71. The second-order valence-electron chi connectivity index (χ2n) is 7.17. The molecule has 2 aromatic heterocycles. The third-order valence-corrected chi connectivity index (χ3v) is 5.95. The van der Waals surface area contributed by atoms with Gasteiger partial charge in [-0.1, -0.05) is 35.6 Å². The Hall–Kier alpha value is -3.19.